The second kappa shape index (κ2) is 6.10. The zero-order valence-electron chi connectivity index (χ0n) is 11.5. The Bertz CT molecular complexity index is 576. The zero-order chi connectivity index (χ0) is 14.5. The van der Waals surface area contributed by atoms with Crippen molar-refractivity contribution in [2.24, 2.45) is 0 Å². The van der Waals surface area contributed by atoms with Crippen LogP contribution in [0.1, 0.15) is 12.1 Å². The second-order valence-electron chi connectivity index (χ2n) is 4.60. The fourth-order valence-electron chi connectivity index (χ4n) is 1.68. The van der Waals surface area contributed by atoms with Crippen LogP contribution >= 0.6 is 0 Å². The van der Waals surface area contributed by atoms with Crippen LogP contribution in [0.2, 0.25) is 0 Å². The summed E-state index contributed by atoms with van der Waals surface area (Å²) in [6, 6.07) is 8.18. The van der Waals surface area contributed by atoms with E-state index in [2.05, 4.69) is 10.3 Å². The number of anilines is 3. The Morgan fingerprint density at radius 2 is 2.05 bits per heavy atom. The van der Waals surface area contributed by atoms with Gasteiger partial charge in [-0.2, -0.15) is 4.98 Å². The Hall–Kier alpha value is -2.50. The highest BCUT2D eigenvalue weighted by Crippen LogP contribution is 2.20. The van der Waals surface area contributed by atoms with Crippen molar-refractivity contribution >= 4 is 23.4 Å². The summed E-state index contributed by atoms with van der Waals surface area (Å²) >= 11 is 0. The fraction of sp³-hybridized carbons (Fsp3) is 0.286. The molecule has 0 aliphatic rings. The van der Waals surface area contributed by atoms with Crippen molar-refractivity contribution in [2.75, 3.05) is 24.3 Å². The lowest BCUT2D eigenvalue weighted by Gasteiger charge is -2.12. The molecule has 1 aromatic heterocycles. The third kappa shape index (κ3) is 3.74. The van der Waals surface area contributed by atoms with Crippen molar-refractivity contribution in [3.05, 3.63) is 36.2 Å². The maximum absolute atomic E-state index is 10.5. The lowest BCUT2D eigenvalue weighted by Crippen LogP contribution is -2.08. The Balaban J connectivity index is 1.97. The molecule has 1 aromatic carbocycles. The average Bonchev–Trinajstić information content (AvgIpc) is 2.84. The highest BCUT2D eigenvalue weighted by Gasteiger charge is 2.06. The summed E-state index contributed by atoms with van der Waals surface area (Å²) in [7, 11) is 3.95. The van der Waals surface area contributed by atoms with E-state index in [1.165, 1.54) is 6.26 Å². The highest BCUT2D eigenvalue weighted by molar-refractivity contribution is 5.67. The average molecular weight is 275 g/mol. The molecular weight excluding hydrogens is 258 g/mol. The molecule has 0 bridgehead atoms. The van der Waals surface area contributed by atoms with Gasteiger partial charge in [-0.1, -0.05) is 0 Å². The van der Waals surface area contributed by atoms with Gasteiger partial charge in [0.05, 0.1) is 12.1 Å². The van der Waals surface area contributed by atoms with Crippen LogP contribution in [0.25, 0.3) is 0 Å². The third-order valence-corrected chi connectivity index (χ3v) is 2.78. The fourth-order valence-corrected chi connectivity index (χ4v) is 1.68. The molecule has 0 aliphatic heterocycles. The number of aromatic nitrogens is 1. The lowest BCUT2D eigenvalue weighted by atomic mass is 10.2. The molecule has 0 saturated carbocycles. The van der Waals surface area contributed by atoms with E-state index >= 15 is 0 Å². The van der Waals surface area contributed by atoms with Crippen molar-refractivity contribution in [1.29, 1.82) is 0 Å². The molecule has 6 nitrogen and oxygen atoms in total. The van der Waals surface area contributed by atoms with E-state index in [-0.39, 0.29) is 6.42 Å². The Labute approximate surface area is 117 Å². The van der Waals surface area contributed by atoms with Gasteiger partial charge in [0.2, 0.25) is 0 Å². The molecule has 0 spiro atoms. The first-order valence-corrected chi connectivity index (χ1v) is 6.25. The number of carboxylic acids is 1. The van der Waals surface area contributed by atoms with E-state index in [4.69, 9.17) is 9.52 Å². The number of aliphatic carboxylic acids is 1. The molecule has 2 rings (SSSR count). The minimum Gasteiger partial charge on any atom is -0.481 e. The van der Waals surface area contributed by atoms with Crippen molar-refractivity contribution in [2.45, 2.75) is 12.8 Å². The number of rotatable bonds is 6. The maximum atomic E-state index is 10.5. The van der Waals surface area contributed by atoms with Crippen LogP contribution in [-0.2, 0) is 11.2 Å². The molecule has 20 heavy (non-hydrogen) atoms. The van der Waals surface area contributed by atoms with Crippen LogP contribution in [0.3, 0.4) is 0 Å². The molecule has 0 amide bonds. The van der Waals surface area contributed by atoms with Crippen LogP contribution in [-0.4, -0.2) is 30.2 Å². The van der Waals surface area contributed by atoms with Gasteiger partial charge < -0.3 is 19.7 Å². The Kier molecular flexibility index (Phi) is 4.24. The summed E-state index contributed by atoms with van der Waals surface area (Å²) < 4.78 is 5.25. The van der Waals surface area contributed by atoms with Crippen molar-refractivity contribution in [3.63, 3.8) is 0 Å². The number of benzene rings is 1. The van der Waals surface area contributed by atoms with Gasteiger partial charge in [-0.25, -0.2) is 0 Å². The molecule has 2 aromatic rings. The predicted molar refractivity (Wildman–Crippen MR) is 76.5 cm³/mol. The molecule has 6 heteroatoms. The van der Waals surface area contributed by atoms with Crippen LogP contribution < -0.4 is 10.2 Å². The van der Waals surface area contributed by atoms with E-state index in [1.54, 1.807) is 0 Å². The van der Waals surface area contributed by atoms with Crippen LogP contribution in [0.5, 0.6) is 0 Å². The van der Waals surface area contributed by atoms with Crippen LogP contribution in [0, 0.1) is 0 Å². The number of nitrogens with one attached hydrogen (secondary N) is 1. The predicted octanol–water partition coefficient (Wildman–Crippen LogP) is 2.50. The van der Waals surface area contributed by atoms with Gasteiger partial charge in [0.15, 0.2) is 0 Å². The zero-order valence-corrected chi connectivity index (χ0v) is 11.5. The normalized spacial score (nSPS) is 10.3. The Morgan fingerprint density at radius 1 is 1.35 bits per heavy atom. The van der Waals surface area contributed by atoms with Gasteiger partial charge in [0.1, 0.15) is 6.26 Å². The van der Waals surface area contributed by atoms with Gasteiger partial charge in [0.25, 0.3) is 6.01 Å². The molecule has 1 heterocycles. The molecule has 0 saturated heterocycles. The maximum Gasteiger partial charge on any atom is 0.303 e. The first-order chi connectivity index (χ1) is 9.54. The van der Waals surface area contributed by atoms with E-state index < -0.39 is 5.97 Å². The third-order valence-electron chi connectivity index (χ3n) is 2.78. The number of carbonyl (C=O) groups is 1. The smallest absolute Gasteiger partial charge is 0.303 e. The summed E-state index contributed by atoms with van der Waals surface area (Å²) in [4.78, 5) is 16.7. The standard InChI is InChI=1S/C14H17N3O3/c1-17(2)12-6-3-10(4-7-12)15-14-16-11(9-20-14)5-8-13(18)19/h3-4,6-7,9H,5,8H2,1-2H3,(H,15,16)(H,18,19). The molecule has 0 unspecified atom stereocenters. The molecule has 0 aliphatic carbocycles. The monoisotopic (exact) mass is 275 g/mol. The molecule has 106 valence electrons. The van der Waals surface area contributed by atoms with Gasteiger partial charge in [-0.15, -0.1) is 0 Å². The molecule has 0 atom stereocenters. The number of aryl methyl sites for hydroxylation is 1. The quantitative estimate of drug-likeness (QED) is 0.843. The molecule has 2 N–H and O–H groups in total. The minimum atomic E-state index is -0.846. The number of hydrogen-bond donors (Lipinski definition) is 2. The van der Waals surface area contributed by atoms with E-state index in [0.717, 1.165) is 11.4 Å². The summed E-state index contributed by atoms with van der Waals surface area (Å²) in [5.74, 6) is -0.846. The Morgan fingerprint density at radius 3 is 2.65 bits per heavy atom. The summed E-state index contributed by atoms with van der Waals surface area (Å²) in [5, 5.41) is 11.6. The number of oxazole rings is 1. The summed E-state index contributed by atoms with van der Waals surface area (Å²) in [6.07, 6.45) is 1.88. The van der Waals surface area contributed by atoms with Gasteiger partial charge in [-0.05, 0) is 24.3 Å². The SMILES string of the molecule is CN(C)c1ccc(Nc2nc(CCC(=O)O)co2)cc1. The number of carboxylic acid groups (broad SMARTS) is 1. The van der Waals surface area contributed by atoms with Gasteiger partial charge >= 0.3 is 5.97 Å². The summed E-state index contributed by atoms with van der Waals surface area (Å²) in [6.45, 7) is 0. The van der Waals surface area contributed by atoms with Crippen molar-refractivity contribution < 1.29 is 14.3 Å². The minimum absolute atomic E-state index is 0.0451. The van der Waals surface area contributed by atoms with Gasteiger partial charge in [-0.3, -0.25) is 4.79 Å². The van der Waals surface area contributed by atoms with Crippen LogP contribution in [0.15, 0.2) is 34.9 Å². The second-order valence-corrected chi connectivity index (χ2v) is 4.60. The topological polar surface area (TPSA) is 78.6 Å². The highest BCUT2D eigenvalue weighted by atomic mass is 16.4. The molecule has 0 radical (unpaired) electrons. The number of nitrogens with zero attached hydrogens (tertiary/aromatic N) is 2. The van der Waals surface area contributed by atoms with Gasteiger partial charge in [0, 0.05) is 31.9 Å². The first kappa shape index (κ1) is 13.9. The van der Waals surface area contributed by atoms with E-state index in [9.17, 15) is 4.79 Å². The largest absolute Gasteiger partial charge is 0.481 e. The van der Waals surface area contributed by atoms with Crippen molar-refractivity contribution in [3.8, 4) is 0 Å². The van der Waals surface area contributed by atoms with Crippen LogP contribution in [0.4, 0.5) is 17.4 Å². The molecular formula is C14H17N3O3. The lowest BCUT2D eigenvalue weighted by molar-refractivity contribution is -0.136. The summed E-state index contributed by atoms with van der Waals surface area (Å²) in [5.41, 5.74) is 2.59. The van der Waals surface area contributed by atoms with E-state index in [1.807, 2.05) is 43.3 Å². The van der Waals surface area contributed by atoms with E-state index in [0.29, 0.717) is 18.1 Å². The van der Waals surface area contributed by atoms with Crippen molar-refractivity contribution in [1.82, 2.24) is 4.98 Å². The first-order valence-electron chi connectivity index (χ1n) is 6.25. The molecule has 0 fully saturated rings. The number of hydrogen-bond acceptors (Lipinski definition) is 5.